The number of hydrogen-bond acceptors (Lipinski definition) is 7. The molecule has 24 heavy (non-hydrogen) atoms. The topological polar surface area (TPSA) is 137 Å². The standard InChI is InChI=1S/C13H19N3O7S/c1-13(2,3)23-12(17)15-22-9-8-14-24(20,21)11-7-5-4-6-10(11)16(18)19/h4-7,14H,8-9H2,1-3H3,(H,15,17). The van der Waals surface area contributed by atoms with Crippen LogP contribution in [0.15, 0.2) is 29.2 Å². The van der Waals surface area contributed by atoms with Crippen LogP contribution in [0.25, 0.3) is 0 Å². The Hall–Kier alpha value is -2.24. The highest BCUT2D eigenvalue weighted by atomic mass is 32.2. The number of carbonyl (C=O) groups excluding carboxylic acids is 1. The molecule has 0 fully saturated rings. The molecule has 1 amide bonds. The van der Waals surface area contributed by atoms with Gasteiger partial charge in [-0.1, -0.05) is 12.1 Å². The minimum atomic E-state index is -4.08. The first-order chi connectivity index (χ1) is 11.0. The second-order valence-electron chi connectivity index (χ2n) is 5.58. The summed E-state index contributed by atoms with van der Waals surface area (Å²) in [4.78, 5) is 25.7. The molecule has 0 unspecified atom stereocenters. The van der Waals surface area contributed by atoms with Crippen LogP contribution in [0.1, 0.15) is 20.8 Å². The predicted molar refractivity (Wildman–Crippen MR) is 83.6 cm³/mol. The van der Waals surface area contributed by atoms with Gasteiger partial charge in [-0.15, -0.1) is 0 Å². The van der Waals surface area contributed by atoms with Crippen LogP contribution < -0.4 is 10.2 Å². The Kier molecular flexibility index (Phi) is 6.63. The van der Waals surface area contributed by atoms with Crippen molar-refractivity contribution in [3.05, 3.63) is 34.4 Å². The Morgan fingerprint density at radius 3 is 2.50 bits per heavy atom. The van der Waals surface area contributed by atoms with Crippen molar-refractivity contribution >= 4 is 21.8 Å². The van der Waals surface area contributed by atoms with Gasteiger partial charge in [0.2, 0.25) is 10.0 Å². The van der Waals surface area contributed by atoms with Crippen molar-refractivity contribution in [2.75, 3.05) is 13.2 Å². The molecule has 0 spiro atoms. The quantitative estimate of drug-likeness (QED) is 0.424. The van der Waals surface area contributed by atoms with Crippen LogP contribution in [0.2, 0.25) is 0 Å². The van der Waals surface area contributed by atoms with Gasteiger partial charge in [0.15, 0.2) is 4.90 Å². The van der Waals surface area contributed by atoms with E-state index in [1.54, 1.807) is 20.8 Å². The van der Waals surface area contributed by atoms with Crippen LogP contribution in [0.3, 0.4) is 0 Å². The molecular weight excluding hydrogens is 342 g/mol. The molecule has 0 aliphatic carbocycles. The number of hydroxylamine groups is 1. The van der Waals surface area contributed by atoms with Crippen LogP contribution in [-0.4, -0.2) is 38.2 Å². The van der Waals surface area contributed by atoms with Crippen molar-refractivity contribution in [2.45, 2.75) is 31.3 Å². The van der Waals surface area contributed by atoms with Gasteiger partial charge < -0.3 is 4.74 Å². The van der Waals surface area contributed by atoms with E-state index in [0.29, 0.717) is 0 Å². The second kappa shape index (κ2) is 8.04. The van der Waals surface area contributed by atoms with Gasteiger partial charge >= 0.3 is 6.09 Å². The van der Waals surface area contributed by atoms with Gasteiger partial charge in [-0.05, 0) is 26.8 Å². The molecule has 0 saturated heterocycles. The van der Waals surface area contributed by atoms with Gasteiger partial charge in [0, 0.05) is 12.6 Å². The molecule has 10 nitrogen and oxygen atoms in total. The van der Waals surface area contributed by atoms with Crippen LogP contribution >= 0.6 is 0 Å². The molecule has 0 atom stereocenters. The van der Waals surface area contributed by atoms with Crippen LogP contribution in [0, 0.1) is 10.1 Å². The van der Waals surface area contributed by atoms with E-state index in [0.717, 1.165) is 12.1 Å². The molecule has 1 aromatic carbocycles. The van der Waals surface area contributed by atoms with Gasteiger partial charge in [0.1, 0.15) is 5.60 Å². The Morgan fingerprint density at radius 2 is 1.92 bits per heavy atom. The fourth-order valence-corrected chi connectivity index (χ4v) is 2.73. The Morgan fingerprint density at radius 1 is 1.29 bits per heavy atom. The lowest BCUT2D eigenvalue weighted by molar-refractivity contribution is -0.387. The summed E-state index contributed by atoms with van der Waals surface area (Å²) in [6.07, 6.45) is -0.816. The highest BCUT2D eigenvalue weighted by molar-refractivity contribution is 7.89. The first-order valence-corrected chi connectivity index (χ1v) is 8.35. The maximum Gasteiger partial charge on any atom is 0.431 e. The molecule has 0 bridgehead atoms. The van der Waals surface area contributed by atoms with Crippen molar-refractivity contribution in [3.63, 3.8) is 0 Å². The summed E-state index contributed by atoms with van der Waals surface area (Å²) in [6, 6.07) is 4.96. The summed E-state index contributed by atoms with van der Waals surface area (Å²) >= 11 is 0. The number of rotatable bonds is 7. The molecule has 0 aliphatic heterocycles. The molecule has 134 valence electrons. The summed E-state index contributed by atoms with van der Waals surface area (Å²) in [5.41, 5.74) is 0.768. The summed E-state index contributed by atoms with van der Waals surface area (Å²) in [5, 5.41) is 10.9. The van der Waals surface area contributed by atoms with Crippen molar-refractivity contribution in [1.29, 1.82) is 0 Å². The van der Waals surface area contributed by atoms with Gasteiger partial charge in [0.25, 0.3) is 5.69 Å². The fourth-order valence-electron chi connectivity index (χ4n) is 1.55. The van der Waals surface area contributed by atoms with E-state index in [-0.39, 0.29) is 13.2 Å². The molecule has 11 heteroatoms. The number of nitro groups is 1. The average Bonchev–Trinajstić information content (AvgIpc) is 2.44. The molecule has 0 heterocycles. The van der Waals surface area contributed by atoms with Gasteiger partial charge in [-0.25, -0.2) is 17.9 Å². The van der Waals surface area contributed by atoms with Crippen molar-refractivity contribution in [1.82, 2.24) is 10.2 Å². The summed E-state index contributed by atoms with van der Waals surface area (Å²) in [5.74, 6) is 0. The number of para-hydroxylation sites is 1. The minimum Gasteiger partial charge on any atom is -0.442 e. The lowest BCUT2D eigenvalue weighted by Gasteiger charge is -2.19. The van der Waals surface area contributed by atoms with E-state index in [1.807, 2.05) is 5.48 Å². The molecule has 0 aromatic heterocycles. The van der Waals surface area contributed by atoms with E-state index in [9.17, 15) is 23.3 Å². The summed E-state index contributed by atoms with van der Waals surface area (Å²) in [7, 11) is -4.08. The monoisotopic (exact) mass is 361 g/mol. The highest BCUT2D eigenvalue weighted by Crippen LogP contribution is 2.22. The molecule has 0 aliphatic rings. The lowest BCUT2D eigenvalue weighted by atomic mass is 10.2. The van der Waals surface area contributed by atoms with Gasteiger partial charge in [-0.3, -0.25) is 15.0 Å². The third-order valence-corrected chi connectivity index (χ3v) is 3.91. The normalized spacial score (nSPS) is 11.8. The Labute approximate surface area is 139 Å². The molecule has 0 saturated carbocycles. The number of hydrogen-bond donors (Lipinski definition) is 2. The Bertz CT molecular complexity index is 698. The zero-order valence-corrected chi connectivity index (χ0v) is 14.3. The summed E-state index contributed by atoms with van der Waals surface area (Å²) in [6.45, 7) is 4.62. The predicted octanol–water partition coefficient (Wildman–Crippen LogP) is 1.33. The minimum absolute atomic E-state index is 0.195. The van der Waals surface area contributed by atoms with E-state index in [4.69, 9.17) is 9.57 Å². The van der Waals surface area contributed by atoms with E-state index in [2.05, 4.69) is 4.72 Å². The average molecular weight is 361 g/mol. The first-order valence-electron chi connectivity index (χ1n) is 6.87. The second-order valence-corrected chi connectivity index (χ2v) is 7.31. The number of ether oxygens (including phenoxy) is 1. The largest absolute Gasteiger partial charge is 0.442 e. The van der Waals surface area contributed by atoms with Crippen molar-refractivity contribution in [2.24, 2.45) is 0 Å². The number of benzene rings is 1. The fraction of sp³-hybridized carbons (Fsp3) is 0.462. The number of nitrogens with zero attached hydrogens (tertiary/aromatic N) is 1. The molecule has 1 rings (SSSR count). The third-order valence-electron chi connectivity index (χ3n) is 2.40. The van der Waals surface area contributed by atoms with E-state index in [1.165, 1.54) is 12.1 Å². The maximum absolute atomic E-state index is 12.1. The molecule has 2 N–H and O–H groups in total. The smallest absolute Gasteiger partial charge is 0.431 e. The number of nitrogens with one attached hydrogen (secondary N) is 2. The van der Waals surface area contributed by atoms with Crippen molar-refractivity contribution in [3.8, 4) is 0 Å². The Balaban J connectivity index is 2.51. The zero-order valence-electron chi connectivity index (χ0n) is 13.4. The van der Waals surface area contributed by atoms with Gasteiger partial charge in [-0.2, -0.15) is 5.48 Å². The van der Waals surface area contributed by atoms with Crippen molar-refractivity contribution < 1.29 is 27.7 Å². The lowest BCUT2D eigenvalue weighted by Crippen LogP contribution is -2.35. The van der Waals surface area contributed by atoms with Gasteiger partial charge in [0.05, 0.1) is 11.5 Å². The van der Waals surface area contributed by atoms with E-state index < -0.39 is 37.2 Å². The summed E-state index contributed by atoms with van der Waals surface area (Å²) < 4.78 is 31.2. The first kappa shape index (κ1) is 19.8. The maximum atomic E-state index is 12.1. The number of carbonyl (C=O) groups is 1. The van der Waals surface area contributed by atoms with Crippen LogP contribution in [-0.2, 0) is 19.6 Å². The number of amides is 1. The van der Waals surface area contributed by atoms with Crippen LogP contribution in [0.5, 0.6) is 0 Å². The molecular formula is C13H19N3O7S. The number of sulfonamides is 1. The zero-order chi connectivity index (χ0) is 18.4. The highest BCUT2D eigenvalue weighted by Gasteiger charge is 2.24. The molecule has 0 radical (unpaired) electrons. The molecule has 1 aromatic rings. The SMILES string of the molecule is CC(C)(C)OC(=O)NOCCNS(=O)(=O)c1ccccc1[N+](=O)[O-]. The van der Waals surface area contributed by atoms with E-state index >= 15 is 0 Å². The van der Waals surface area contributed by atoms with Crippen LogP contribution in [0.4, 0.5) is 10.5 Å². The third kappa shape index (κ3) is 6.48. The number of nitro benzene ring substituents is 1.